The maximum atomic E-state index is 11.4. The van der Waals surface area contributed by atoms with Crippen molar-refractivity contribution >= 4 is 23.6 Å². The van der Waals surface area contributed by atoms with Crippen molar-refractivity contribution in [3.05, 3.63) is 29.8 Å². The van der Waals surface area contributed by atoms with Crippen LogP contribution in [0, 0.1) is 0 Å². The predicted molar refractivity (Wildman–Crippen MR) is 58.7 cm³/mol. The highest BCUT2D eigenvalue weighted by Crippen LogP contribution is 2.18. The van der Waals surface area contributed by atoms with Gasteiger partial charge in [0.1, 0.15) is 6.54 Å². The second kappa shape index (κ2) is 4.25. The average molecular weight is 234 g/mol. The maximum absolute atomic E-state index is 11.4. The van der Waals surface area contributed by atoms with Crippen molar-refractivity contribution in [1.82, 2.24) is 5.32 Å². The molecule has 0 aliphatic carbocycles. The maximum Gasteiger partial charge on any atom is 0.337 e. The normalized spacial score (nSPS) is 14.8. The summed E-state index contributed by atoms with van der Waals surface area (Å²) >= 11 is 0. The number of carbonyl (C=O) groups is 3. The fourth-order valence-corrected chi connectivity index (χ4v) is 1.57. The van der Waals surface area contributed by atoms with E-state index in [-0.39, 0.29) is 12.5 Å². The SMILES string of the molecule is COC(=O)c1cccc(N2CC(=O)NC2=O)c1. The number of urea groups is 1. The minimum atomic E-state index is -0.489. The molecule has 1 aliphatic heterocycles. The smallest absolute Gasteiger partial charge is 0.337 e. The lowest BCUT2D eigenvalue weighted by atomic mass is 10.2. The summed E-state index contributed by atoms with van der Waals surface area (Å²) in [6, 6.07) is 5.86. The van der Waals surface area contributed by atoms with Crippen LogP contribution >= 0.6 is 0 Å². The molecule has 0 aromatic heterocycles. The van der Waals surface area contributed by atoms with Crippen LogP contribution in [0.3, 0.4) is 0 Å². The first-order valence-electron chi connectivity index (χ1n) is 4.91. The van der Waals surface area contributed by atoms with Gasteiger partial charge in [0.2, 0.25) is 5.91 Å². The van der Waals surface area contributed by atoms with Crippen LogP contribution in [-0.4, -0.2) is 31.6 Å². The molecule has 3 amide bonds. The first kappa shape index (κ1) is 11.1. The van der Waals surface area contributed by atoms with E-state index in [0.29, 0.717) is 11.3 Å². The van der Waals surface area contributed by atoms with Crippen molar-refractivity contribution in [2.75, 3.05) is 18.6 Å². The molecule has 0 atom stereocenters. The molecule has 1 aliphatic rings. The molecule has 1 fully saturated rings. The Morgan fingerprint density at radius 1 is 1.41 bits per heavy atom. The van der Waals surface area contributed by atoms with E-state index >= 15 is 0 Å². The number of hydrogen-bond donors (Lipinski definition) is 1. The molecule has 2 rings (SSSR count). The van der Waals surface area contributed by atoms with Crippen molar-refractivity contribution < 1.29 is 19.1 Å². The summed E-state index contributed by atoms with van der Waals surface area (Å²) in [5, 5.41) is 2.16. The summed E-state index contributed by atoms with van der Waals surface area (Å²) in [6.07, 6.45) is 0. The molecule has 1 heterocycles. The van der Waals surface area contributed by atoms with Crippen LogP contribution in [0.2, 0.25) is 0 Å². The number of rotatable bonds is 2. The van der Waals surface area contributed by atoms with Crippen LogP contribution in [0.25, 0.3) is 0 Å². The van der Waals surface area contributed by atoms with Gasteiger partial charge in [-0.25, -0.2) is 9.59 Å². The largest absolute Gasteiger partial charge is 0.465 e. The van der Waals surface area contributed by atoms with Crippen molar-refractivity contribution in [2.24, 2.45) is 0 Å². The van der Waals surface area contributed by atoms with E-state index in [1.165, 1.54) is 18.1 Å². The molecular weight excluding hydrogens is 224 g/mol. The average Bonchev–Trinajstić information content (AvgIpc) is 2.67. The number of hydrogen-bond acceptors (Lipinski definition) is 4. The van der Waals surface area contributed by atoms with Gasteiger partial charge in [-0.05, 0) is 18.2 Å². The Kier molecular flexibility index (Phi) is 2.78. The van der Waals surface area contributed by atoms with E-state index in [1.807, 2.05) is 0 Å². The standard InChI is InChI=1S/C11H10N2O4/c1-17-10(15)7-3-2-4-8(5-7)13-6-9(14)12-11(13)16/h2-5H,6H2,1H3,(H,12,14,16). The summed E-state index contributed by atoms with van der Waals surface area (Å²) in [7, 11) is 1.28. The predicted octanol–water partition coefficient (Wildman–Crippen LogP) is 0.529. The number of imide groups is 1. The van der Waals surface area contributed by atoms with Crippen LogP contribution in [-0.2, 0) is 9.53 Å². The Balaban J connectivity index is 2.30. The Labute approximate surface area is 97.2 Å². The lowest BCUT2D eigenvalue weighted by Crippen LogP contribution is -2.28. The Morgan fingerprint density at radius 2 is 2.18 bits per heavy atom. The van der Waals surface area contributed by atoms with Gasteiger partial charge in [0.15, 0.2) is 0 Å². The molecule has 1 aromatic rings. The number of ether oxygens (including phenoxy) is 1. The van der Waals surface area contributed by atoms with Gasteiger partial charge in [-0.1, -0.05) is 6.07 Å². The lowest BCUT2D eigenvalue weighted by molar-refractivity contribution is -0.117. The molecule has 17 heavy (non-hydrogen) atoms. The second-order valence-electron chi connectivity index (χ2n) is 3.48. The zero-order chi connectivity index (χ0) is 12.4. The quantitative estimate of drug-likeness (QED) is 0.598. The first-order valence-corrected chi connectivity index (χ1v) is 4.91. The summed E-state index contributed by atoms with van der Waals surface area (Å²) in [4.78, 5) is 35.0. The summed E-state index contributed by atoms with van der Waals surface area (Å²) in [5.41, 5.74) is 0.813. The molecule has 88 valence electrons. The molecule has 0 saturated carbocycles. The van der Waals surface area contributed by atoms with Crippen LogP contribution in [0.1, 0.15) is 10.4 Å². The van der Waals surface area contributed by atoms with E-state index in [2.05, 4.69) is 10.1 Å². The minimum absolute atomic E-state index is 0.0382. The number of anilines is 1. The van der Waals surface area contributed by atoms with Gasteiger partial charge in [0.25, 0.3) is 0 Å². The van der Waals surface area contributed by atoms with Crippen LogP contribution < -0.4 is 10.2 Å². The van der Waals surface area contributed by atoms with Crippen molar-refractivity contribution in [3.63, 3.8) is 0 Å². The van der Waals surface area contributed by atoms with E-state index in [9.17, 15) is 14.4 Å². The van der Waals surface area contributed by atoms with Gasteiger partial charge in [0.05, 0.1) is 12.7 Å². The molecule has 6 nitrogen and oxygen atoms in total. The van der Waals surface area contributed by atoms with Crippen molar-refractivity contribution in [2.45, 2.75) is 0 Å². The van der Waals surface area contributed by atoms with Crippen LogP contribution in [0.15, 0.2) is 24.3 Å². The van der Waals surface area contributed by atoms with E-state index in [1.54, 1.807) is 18.2 Å². The molecule has 0 unspecified atom stereocenters. The minimum Gasteiger partial charge on any atom is -0.465 e. The van der Waals surface area contributed by atoms with Gasteiger partial charge < -0.3 is 4.74 Å². The van der Waals surface area contributed by atoms with E-state index in [0.717, 1.165) is 0 Å². The molecule has 1 saturated heterocycles. The van der Waals surface area contributed by atoms with Gasteiger partial charge in [-0.15, -0.1) is 0 Å². The van der Waals surface area contributed by atoms with Crippen molar-refractivity contribution in [1.29, 1.82) is 0 Å². The molecule has 1 N–H and O–H groups in total. The fraction of sp³-hybridized carbons (Fsp3) is 0.182. The highest BCUT2D eigenvalue weighted by molar-refractivity contribution is 6.12. The fourth-order valence-electron chi connectivity index (χ4n) is 1.57. The highest BCUT2D eigenvalue weighted by atomic mass is 16.5. The number of methoxy groups -OCH3 is 1. The van der Waals surface area contributed by atoms with Crippen molar-refractivity contribution in [3.8, 4) is 0 Å². The highest BCUT2D eigenvalue weighted by Gasteiger charge is 2.28. The van der Waals surface area contributed by atoms with Crippen LogP contribution in [0.5, 0.6) is 0 Å². The zero-order valence-corrected chi connectivity index (χ0v) is 9.10. The Bertz CT molecular complexity index is 498. The Morgan fingerprint density at radius 3 is 2.76 bits per heavy atom. The summed E-state index contributed by atoms with van der Waals surface area (Å²) < 4.78 is 4.58. The van der Waals surface area contributed by atoms with Gasteiger partial charge in [-0.3, -0.25) is 15.0 Å². The monoisotopic (exact) mass is 234 g/mol. The first-order chi connectivity index (χ1) is 8.11. The molecule has 0 spiro atoms. The summed E-state index contributed by atoms with van der Waals surface area (Å²) in [5.74, 6) is -0.851. The number of nitrogens with zero attached hydrogens (tertiary/aromatic N) is 1. The van der Waals surface area contributed by atoms with Crippen LogP contribution in [0.4, 0.5) is 10.5 Å². The molecular formula is C11H10N2O4. The van der Waals surface area contributed by atoms with E-state index < -0.39 is 12.0 Å². The number of benzene rings is 1. The topological polar surface area (TPSA) is 75.7 Å². The lowest BCUT2D eigenvalue weighted by Gasteiger charge is -2.13. The molecule has 1 aromatic carbocycles. The molecule has 6 heteroatoms. The van der Waals surface area contributed by atoms with Gasteiger partial charge in [0, 0.05) is 5.69 Å². The number of carbonyl (C=O) groups excluding carboxylic acids is 3. The van der Waals surface area contributed by atoms with Gasteiger partial charge >= 0.3 is 12.0 Å². The second-order valence-corrected chi connectivity index (χ2v) is 3.48. The molecule has 0 radical (unpaired) electrons. The van der Waals surface area contributed by atoms with E-state index in [4.69, 9.17) is 0 Å². The number of amides is 3. The number of nitrogens with one attached hydrogen (secondary N) is 1. The third-order valence-corrected chi connectivity index (χ3v) is 2.37. The third kappa shape index (κ3) is 2.10. The molecule has 0 bridgehead atoms. The summed E-state index contributed by atoms with van der Waals surface area (Å²) in [6.45, 7) is -0.0382. The Hall–Kier alpha value is -2.37. The van der Waals surface area contributed by atoms with Gasteiger partial charge in [-0.2, -0.15) is 0 Å². The number of esters is 1. The third-order valence-electron chi connectivity index (χ3n) is 2.37. The zero-order valence-electron chi connectivity index (χ0n) is 9.10.